The highest BCUT2D eigenvalue weighted by Crippen LogP contribution is 2.34. The first-order chi connectivity index (χ1) is 15.3. The molecule has 2 heterocycles. The van der Waals surface area contributed by atoms with Crippen LogP contribution in [0.4, 0.5) is 30.7 Å². The van der Waals surface area contributed by atoms with E-state index in [0.717, 1.165) is 22.6 Å². The second-order valence-corrected chi connectivity index (χ2v) is 7.60. The molecule has 178 valence electrons. The van der Waals surface area contributed by atoms with E-state index in [-0.39, 0.29) is 17.2 Å². The van der Waals surface area contributed by atoms with Gasteiger partial charge < -0.3 is 10.1 Å². The van der Waals surface area contributed by atoms with E-state index in [4.69, 9.17) is 0 Å². The van der Waals surface area contributed by atoms with E-state index in [0.29, 0.717) is 17.4 Å². The summed E-state index contributed by atoms with van der Waals surface area (Å²) in [5.74, 6) is -2.42. The van der Waals surface area contributed by atoms with Crippen LogP contribution in [0.5, 0.6) is 5.06 Å². The first-order valence-corrected chi connectivity index (χ1v) is 10.0. The number of rotatable bonds is 6. The fraction of sp³-hybridized carbons (Fsp3) is 0.316. The summed E-state index contributed by atoms with van der Waals surface area (Å²) in [7, 11) is 0. The van der Waals surface area contributed by atoms with E-state index in [1.807, 2.05) is 0 Å². The number of amides is 1. The Labute approximate surface area is 184 Å². The highest BCUT2D eigenvalue weighted by atomic mass is 32.1. The number of halogens is 7. The molecular formula is C19H14F7N3O3S. The van der Waals surface area contributed by atoms with Gasteiger partial charge in [0.1, 0.15) is 5.82 Å². The third kappa shape index (κ3) is 5.43. The molecule has 0 spiro atoms. The number of fused-ring (bicyclic) bond motifs is 1. The summed E-state index contributed by atoms with van der Waals surface area (Å²) in [6.07, 6.45) is -10.2. The largest absolute Gasteiger partial charge is 0.472 e. The number of aromatic nitrogens is 2. The normalized spacial score (nSPS) is 12.2. The van der Waals surface area contributed by atoms with Gasteiger partial charge >= 0.3 is 12.4 Å². The molecule has 0 bridgehead atoms. The minimum Gasteiger partial charge on any atom is -0.472 e. The lowest BCUT2D eigenvalue weighted by molar-refractivity contribution is -0.153. The molecule has 6 nitrogen and oxygen atoms in total. The van der Waals surface area contributed by atoms with Crippen LogP contribution >= 0.6 is 11.3 Å². The summed E-state index contributed by atoms with van der Waals surface area (Å²) in [6.45, 7) is -0.0846. The molecule has 0 radical (unpaired) electrons. The van der Waals surface area contributed by atoms with Crippen LogP contribution in [0.2, 0.25) is 0 Å². The average Bonchev–Trinajstić information content (AvgIpc) is 3.06. The molecule has 0 saturated heterocycles. The van der Waals surface area contributed by atoms with E-state index >= 15 is 0 Å². The van der Waals surface area contributed by atoms with Crippen LogP contribution in [0.3, 0.4) is 0 Å². The Morgan fingerprint density at radius 1 is 1.21 bits per heavy atom. The monoisotopic (exact) mass is 497 g/mol. The van der Waals surface area contributed by atoms with Gasteiger partial charge in [-0.2, -0.15) is 26.3 Å². The van der Waals surface area contributed by atoms with Crippen LogP contribution in [0.1, 0.15) is 34.2 Å². The topological polar surface area (TPSA) is 72.7 Å². The van der Waals surface area contributed by atoms with E-state index in [2.05, 4.69) is 15.0 Å². The summed E-state index contributed by atoms with van der Waals surface area (Å²) in [6, 6.07) is 3.50. The van der Waals surface area contributed by atoms with E-state index in [1.54, 1.807) is 6.92 Å². The molecule has 1 aromatic carbocycles. The van der Waals surface area contributed by atoms with E-state index < -0.39 is 64.5 Å². The van der Waals surface area contributed by atoms with Crippen molar-refractivity contribution in [2.24, 2.45) is 0 Å². The Morgan fingerprint density at radius 3 is 2.52 bits per heavy atom. The number of nitrogens with zero attached hydrogens (tertiary/aromatic N) is 2. The van der Waals surface area contributed by atoms with Crippen molar-refractivity contribution >= 4 is 22.2 Å². The molecule has 0 aliphatic heterocycles. The van der Waals surface area contributed by atoms with Crippen LogP contribution < -0.4 is 15.6 Å². The minimum absolute atomic E-state index is 0.101. The van der Waals surface area contributed by atoms with Crippen molar-refractivity contribution in [2.75, 3.05) is 13.2 Å². The molecule has 0 atom stereocenters. The standard InChI is InChI=1S/C19H14F7N3O3S/c1-2-27-15(31)14-16(32-8-18(21,22)23)33-17-28-10(7-12(30)29(14)17)6-9-4-3-5-11(13(9)20)19(24,25)26/h3-5,7H,2,6,8H2,1H3,(H,27,31). The molecular weight excluding hydrogens is 483 g/mol. The zero-order valence-corrected chi connectivity index (χ0v) is 17.4. The molecule has 33 heavy (non-hydrogen) atoms. The number of carbonyl (C=O) groups excluding carboxylic acids is 1. The smallest absolute Gasteiger partial charge is 0.422 e. The first-order valence-electron chi connectivity index (χ1n) is 9.19. The SMILES string of the molecule is CCNC(=O)c1c(OCC(F)(F)F)sc2nc(Cc3cccc(C(F)(F)F)c3F)cc(=O)n12. The number of ether oxygens (including phenoxy) is 1. The van der Waals surface area contributed by atoms with E-state index in [1.165, 1.54) is 0 Å². The number of alkyl halides is 6. The zero-order chi connectivity index (χ0) is 24.6. The number of hydrogen-bond acceptors (Lipinski definition) is 5. The van der Waals surface area contributed by atoms with Gasteiger partial charge in [-0.15, -0.1) is 0 Å². The second kappa shape index (κ2) is 9.00. The predicted molar refractivity (Wildman–Crippen MR) is 103 cm³/mol. The maximum Gasteiger partial charge on any atom is 0.422 e. The maximum atomic E-state index is 14.3. The fourth-order valence-corrected chi connectivity index (χ4v) is 3.91. The van der Waals surface area contributed by atoms with Gasteiger partial charge in [0, 0.05) is 19.0 Å². The Kier molecular flexibility index (Phi) is 6.68. The molecule has 0 fully saturated rings. The number of nitrogens with one attached hydrogen (secondary N) is 1. The van der Waals surface area contributed by atoms with Crippen molar-refractivity contribution in [3.8, 4) is 5.06 Å². The van der Waals surface area contributed by atoms with Crippen molar-refractivity contribution < 1.29 is 40.3 Å². The van der Waals surface area contributed by atoms with Gasteiger partial charge in [-0.05, 0) is 18.6 Å². The maximum absolute atomic E-state index is 14.3. The molecule has 3 rings (SSSR count). The van der Waals surface area contributed by atoms with Crippen LogP contribution in [-0.2, 0) is 12.6 Å². The number of benzene rings is 1. The van der Waals surface area contributed by atoms with Crippen molar-refractivity contribution in [3.05, 3.63) is 63.0 Å². The van der Waals surface area contributed by atoms with Gasteiger partial charge in [-0.3, -0.25) is 9.59 Å². The summed E-state index contributed by atoms with van der Waals surface area (Å²) in [5, 5.41) is 1.83. The second-order valence-electron chi connectivity index (χ2n) is 6.66. The summed E-state index contributed by atoms with van der Waals surface area (Å²) in [5.41, 5.74) is -3.44. The summed E-state index contributed by atoms with van der Waals surface area (Å²) in [4.78, 5) is 28.8. The number of thiazole rings is 1. The Morgan fingerprint density at radius 2 is 1.91 bits per heavy atom. The van der Waals surface area contributed by atoms with Gasteiger partial charge in [0.2, 0.25) is 10.0 Å². The molecule has 1 amide bonds. The van der Waals surface area contributed by atoms with Crippen molar-refractivity contribution in [1.82, 2.24) is 14.7 Å². The van der Waals surface area contributed by atoms with Crippen molar-refractivity contribution in [1.29, 1.82) is 0 Å². The number of hydrogen-bond donors (Lipinski definition) is 1. The van der Waals surface area contributed by atoms with Gasteiger partial charge in [0.25, 0.3) is 11.5 Å². The van der Waals surface area contributed by atoms with Crippen LogP contribution in [-0.4, -0.2) is 34.6 Å². The fourth-order valence-electron chi connectivity index (χ4n) is 2.91. The minimum atomic E-state index is -4.93. The van der Waals surface area contributed by atoms with Gasteiger partial charge in [-0.1, -0.05) is 23.5 Å². The molecule has 2 aromatic heterocycles. The molecule has 3 aromatic rings. The quantitative estimate of drug-likeness (QED) is 0.519. The van der Waals surface area contributed by atoms with Gasteiger partial charge in [-0.25, -0.2) is 13.8 Å². The average molecular weight is 497 g/mol. The van der Waals surface area contributed by atoms with Crippen molar-refractivity contribution in [3.63, 3.8) is 0 Å². The lowest BCUT2D eigenvalue weighted by Crippen LogP contribution is -2.29. The molecule has 0 unspecified atom stereocenters. The van der Waals surface area contributed by atoms with Crippen molar-refractivity contribution in [2.45, 2.75) is 25.7 Å². The highest BCUT2D eigenvalue weighted by Gasteiger charge is 2.35. The molecule has 0 aliphatic carbocycles. The molecule has 1 N–H and O–H groups in total. The third-order valence-corrected chi connectivity index (χ3v) is 5.17. The number of carbonyl (C=O) groups is 1. The molecule has 14 heteroatoms. The lowest BCUT2D eigenvalue weighted by atomic mass is 10.0. The van der Waals surface area contributed by atoms with Gasteiger partial charge in [0.15, 0.2) is 12.3 Å². The summed E-state index contributed by atoms with van der Waals surface area (Å²) >= 11 is 0.464. The van der Waals surface area contributed by atoms with Gasteiger partial charge in [0.05, 0.1) is 11.3 Å². The summed E-state index contributed by atoms with van der Waals surface area (Å²) < 4.78 is 96.4. The van der Waals surface area contributed by atoms with Crippen LogP contribution in [0.15, 0.2) is 29.1 Å². The van der Waals surface area contributed by atoms with E-state index in [9.17, 15) is 40.3 Å². The van der Waals surface area contributed by atoms with Crippen LogP contribution in [0, 0.1) is 5.82 Å². The first kappa shape index (κ1) is 24.5. The molecule has 0 saturated carbocycles. The Balaban J connectivity index is 2.08. The third-order valence-electron chi connectivity index (χ3n) is 4.22. The lowest BCUT2D eigenvalue weighted by Gasteiger charge is -2.11. The molecule has 0 aliphatic rings. The Bertz CT molecular complexity index is 1250. The predicted octanol–water partition coefficient (Wildman–Crippen LogP) is 4.20. The van der Waals surface area contributed by atoms with Crippen LogP contribution in [0.25, 0.3) is 4.96 Å². The Hall–Kier alpha value is -3.16. The zero-order valence-electron chi connectivity index (χ0n) is 16.6. The highest BCUT2D eigenvalue weighted by molar-refractivity contribution is 7.19.